The van der Waals surface area contributed by atoms with Crippen LogP contribution >= 0.6 is 0 Å². The molecule has 2 aromatic carbocycles. The fraction of sp³-hybridized carbons (Fsp3) is 0.182. The summed E-state index contributed by atoms with van der Waals surface area (Å²) < 4.78 is 17.3. The molecule has 5 nitrogen and oxygen atoms in total. The highest BCUT2D eigenvalue weighted by atomic mass is 16.5. The Balaban J connectivity index is 1.22. The number of nitrogens with zero attached hydrogens (tertiary/aromatic N) is 2. The van der Waals surface area contributed by atoms with Gasteiger partial charge in [-0.15, -0.1) is 0 Å². The normalized spacial score (nSPS) is 11.0. The zero-order valence-corrected chi connectivity index (χ0v) is 14.9. The molecule has 136 valence electrons. The maximum atomic E-state index is 5.83. The molecule has 0 atom stereocenters. The molecule has 0 bridgehead atoms. The van der Waals surface area contributed by atoms with Gasteiger partial charge in [-0.2, -0.15) is 0 Å². The third-order valence-corrected chi connectivity index (χ3v) is 4.18. The number of rotatable bonds is 8. The number of ether oxygens (including phenoxy) is 3. The van der Waals surface area contributed by atoms with Crippen LogP contribution in [-0.2, 0) is 4.74 Å². The molecule has 0 radical (unpaired) electrons. The number of hydrogen-bond donors (Lipinski definition) is 0. The van der Waals surface area contributed by atoms with Crippen molar-refractivity contribution < 1.29 is 14.2 Å². The van der Waals surface area contributed by atoms with E-state index in [4.69, 9.17) is 14.2 Å². The Bertz CT molecular complexity index is 942. The minimum absolute atomic E-state index is 0.478. The molecule has 5 heteroatoms. The molecule has 2 heterocycles. The van der Waals surface area contributed by atoms with Gasteiger partial charge < -0.3 is 14.2 Å². The molecule has 27 heavy (non-hydrogen) atoms. The van der Waals surface area contributed by atoms with Crippen LogP contribution in [0, 0.1) is 0 Å². The summed E-state index contributed by atoms with van der Waals surface area (Å²) >= 11 is 0. The van der Waals surface area contributed by atoms with Crippen LogP contribution in [0.3, 0.4) is 0 Å². The van der Waals surface area contributed by atoms with Gasteiger partial charge in [0.2, 0.25) is 0 Å². The van der Waals surface area contributed by atoms with E-state index in [-0.39, 0.29) is 0 Å². The Hall–Kier alpha value is -3.18. The van der Waals surface area contributed by atoms with Crippen LogP contribution in [-0.4, -0.2) is 36.4 Å². The van der Waals surface area contributed by atoms with Gasteiger partial charge in [0.25, 0.3) is 0 Å². The van der Waals surface area contributed by atoms with Crippen LogP contribution in [0.1, 0.15) is 0 Å². The lowest BCUT2D eigenvalue weighted by molar-refractivity contribution is 0.0771. The molecule has 0 saturated carbocycles. The molecule has 4 aromatic rings. The van der Waals surface area contributed by atoms with Gasteiger partial charge in [0.15, 0.2) is 0 Å². The molecule has 0 unspecified atom stereocenters. The molecule has 2 aromatic heterocycles. The van der Waals surface area contributed by atoms with Crippen LogP contribution in [0.4, 0.5) is 0 Å². The topological polar surface area (TPSA) is 53.5 Å². The summed E-state index contributed by atoms with van der Waals surface area (Å²) in [6.07, 6.45) is 3.56. The summed E-state index contributed by atoms with van der Waals surface area (Å²) in [6.45, 7) is 1.95. The van der Waals surface area contributed by atoms with E-state index >= 15 is 0 Å². The van der Waals surface area contributed by atoms with E-state index in [2.05, 4.69) is 9.97 Å². The van der Waals surface area contributed by atoms with E-state index in [1.165, 1.54) is 0 Å². The van der Waals surface area contributed by atoms with Crippen molar-refractivity contribution in [1.82, 2.24) is 9.97 Å². The van der Waals surface area contributed by atoms with Gasteiger partial charge in [0, 0.05) is 23.2 Å². The Morgan fingerprint density at radius 3 is 1.59 bits per heavy atom. The molecule has 0 saturated heterocycles. The molecular formula is C22H20N2O3. The molecule has 4 rings (SSSR count). The molecule has 0 amide bonds. The minimum atomic E-state index is 0.478. The number of pyridine rings is 2. The smallest absolute Gasteiger partial charge is 0.128 e. The Labute approximate surface area is 157 Å². The molecule has 0 aliphatic rings. The lowest BCUT2D eigenvalue weighted by atomic mass is 10.2. The molecule has 0 aliphatic carbocycles. The third-order valence-electron chi connectivity index (χ3n) is 4.18. The highest BCUT2D eigenvalue weighted by molar-refractivity contribution is 5.85. The summed E-state index contributed by atoms with van der Waals surface area (Å²) in [5.74, 6) is 1.65. The fourth-order valence-electron chi connectivity index (χ4n) is 2.93. The predicted molar refractivity (Wildman–Crippen MR) is 105 cm³/mol. The highest BCUT2D eigenvalue weighted by Gasteiger charge is 2.03. The van der Waals surface area contributed by atoms with Crippen molar-refractivity contribution >= 4 is 21.8 Å². The van der Waals surface area contributed by atoms with Crippen LogP contribution in [0.25, 0.3) is 21.8 Å². The Morgan fingerprint density at radius 2 is 1.07 bits per heavy atom. The number of aromatic nitrogens is 2. The largest absolute Gasteiger partial charge is 0.490 e. The van der Waals surface area contributed by atoms with E-state index in [1.807, 2.05) is 60.7 Å². The summed E-state index contributed by atoms with van der Waals surface area (Å²) in [5.41, 5.74) is 1.85. The first-order chi connectivity index (χ1) is 13.4. The average molecular weight is 360 g/mol. The van der Waals surface area contributed by atoms with Gasteiger partial charge in [-0.3, -0.25) is 9.97 Å². The van der Waals surface area contributed by atoms with Crippen molar-refractivity contribution in [3.63, 3.8) is 0 Å². The van der Waals surface area contributed by atoms with Crippen molar-refractivity contribution in [3.8, 4) is 11.5 Å². The first kappa shape index (κ1) is 17.2. The molecule has 0 spiro atoms. The Kier molecular flexibility index (Phi) is 5.41. The first-order valence-corrected chi connectivity index (χ1v) is 8.93. The maximum absolute atomic E-state index is 5.83. The zero-order valence-electron chi connectivity index (χ0n) is 14.9. The summed E-state index contributed by atoms with van der Waals surface area (Å²) in [4.78, 5) is 8.66. The zero-order chi connectivity index (χ0) is 18.3. The van der Waals surface area contributed by atoms with Crippen molar-refractivity contribution in [1.29, 1.82) is 0 Å². The second-order valence-electron chi connectivity index (χ2n) is 5.96. The Morgan fingerprint density at radius 1 is 0.556 bits per heavy atom. The highest BCUT2D eigenvalue weighted by Crippen LogP contribution is 2.24. The van der Waals surface area contributed by atoms with Gasteiger partial charge in [0.1, 0.15) is 24.7 Å². The van der Waals surface area contributed by atoms with E-state index < -0.39 is 0 Å². The van der Waals surface area contributed by atoms with Gasteiger partial charge >= 0.3 is 0 Å². The standard InChI is InChI=1S/C22H20N2O3/c1-7-19-17(5-3-11-23-19)21(9-1)26-15-13-25-14-16-27-22-10-2-8-20-18(22)6-4-12-24-20/h1-12H,13-16H2. The van der Waals surface area contributed by atoms with Crippen molar-refractivity contribution in [3.05, 3.63) is 73.1 Å². The number of fused-ring (bicyclic) bond motifs is 2. The number of benzene rings is 2. The van der Waals surface area contributed by atoms with Crippen molar-refractivity contribution in [2.45, 2.75) is 0 Å². The maximum Gasteiger partial charge on any atom is 0.128 e. The minimum Gasteiger partial charge on any atom is -0.490 e. The van der Waals surface area contributed by atoms with Crippen molar-refractivity contribution in [2.24, 2.45) is 0 Å². The second kappa shape index (κ2) is 8.47. The third kappa shape index (κ3) is 4.15. The molecule has 0 fully saturated rings. The molecule has 0 N–H and O–H groups in total. The predicted octanol–water partition coefficient (Wildman–Crippen LogP) is 4.26. The monoisotopic (exact) mass is 360 g/mol. The molecular weight excluding hydrogens is 340 g/mol. The van der Waals surface area contributed by atoms with Gasteiger partial charge in [-0.25, -0.2) is 0 Å². The summed E-state index contributed by atoms with van der Waals surface area (Å²) in [6, 6.07) is 19.5. The van der Waals surface area contributed by atoms with Crippen LogP contribution in [0.2, 0.25) is 0 Å². The van der Waals surface area contributed by atoms with Crippen LogP contribution < -0.4 is 9.47 Å². The number of hydrogen-bond acceptors (Lipinski definition) is 5. The SMILES string of the molecule is c1cc(OCCOCCOc2cccc3ncccc23)c2cccnc2c1. The summed E-state index contributed by atoms with van der Waals surface area (Å²) in [7, 11) is 0. The lowest BCUT2D eigenvalue weighted by Crippen LogP contribution is -2.12. The fourth-order valence-corrected chi connectivity index (χ4v) is 2.93. The van der Waals surface area contributed by atoms with Gasteiger partial charge in [0.05, 0.1) is 24.2 Å². The van der Waals surface area contributed by atoms with Gasteiger partial charge in [-0.1, -0.05) is 12.1 Å². The van der Waals surface area contributed by atoms with Crippen molar-refractivity contribution in [2.75, 3.05) is 26.4 Å². The van der Waals surface area contributed by atoms with E-state index in [9.17, 15) is 0 Å². The average Bonchev–Trinajstić information content (AvgIpc) is 2.73. The van der Waals surface area contributed by atoms with Crippen LogP contribution in [0.15, 0.2) is 73.1 Å². The van der Waals surface area contributed by atoms with Crippen LogP contribution in [0.5, 0.6) is 11.5 Å². The first-order valence-electron chi connectivity index (χ1n) is 8.93. The molecule has 0 aliphatic heterocycles. The summed E-state index contributed by atoms with van der Waals surface area (Å²) in [5, 5.41) is 2.01. The van der Waals surface area contributed by atoms with E-state index in [1.54, 1.807) is 12.4 Å². The second-order valence-corrected chi connectivity index (χ2v) is 5.96. The lowest BCUT2D eigenvalue weighted by Gasteiger charge is -2.11. The quantitative estimate of drug-likeness (QED) is 0.440. The van der Waals surface area contributed by atoms with E-state index in [0.29, 0.717) is 26.4 Å². The van der Waals surface area contributed by atoms with Gasteiger partial charge in [-0.05, 0) is 48.5 Å². The van der Waals surface area contributed by atoms with E-state index in [0.717, 1.165) is 33.3 Å².